The van der Waals surface area contributed by atoms with Crippen molar-refractivity contribution in [1.82, 2.24) is 9.97 Å². The number of hydrogen-bond acceptors (Lipinski definition) is 5. The van der Waals surface area contributed by atoms with Crippen LogP contribution in [0.2, 0.25) is 0 Å². The SMILES string of the molecule is Cc1cc(C)nc(SCC(=O)Nc2cccc(NCc3ccccc3)c2)n1. The Balaban J connectivity index is 1.53. The number of anilines is 2. The zero-order chi connectivity index (χ0) is 19.1. The molecule has 2 N–H and O–H groups in total. The Morgan fingerprint density at radius 3 is 2.37 bits per heavy atom. The number of rotatable bonds is 7. The molecule has 0 saturated carbocycles. The molecule has 0 atom stereocenters. The number of nitrogens with zero attached hydrogens (tertiary/aromatic N) is 2. The van der Waals surface area contributed by atoms with E-state index in [9.17, 15) is 4.79 Å². The number of amides is 1. The Morgan fingerprint density at radius 1 is 0.926 bits per heavy atom. The molecule has 1 aromatic heterocycles. The molecule has 3 aromatic rings. The summed E-state index contributed by atoms with van der Waals surface area (Å²) in [5.74, 6) is 0.188. The molecule has 2 aromatic carbocycles. The minimum Gasteiger partial charge on any atom is -0.381 e. The van der Waals surface area contributed by atoms with Crippen LogP contribution >= 0.6 is 11.8 Å². The number of hydrogen-bond donors (Lipinski definition) is 2. The normalized spacial score (nSPS) is 10.4. The fraction of sp³-hybridized carbons (Fsp3) is 0.190. The molecule has 138 valence electrons. The number of aromatic nitrogens is 2. The van der Waals surface area contributed by atoms with E-state index in [-0.39, 0.29) is 11.7 Å². The second-order valence-corrected chi connectivity index (χ2v) is 7.13. The predicted octanol–water partition coefficient (Wildman–Crippen LogP) is 4.44. The summed E-state index contributed by atoms with van der Waals surface area (Å²) in [5, 5.41) is 6.92. The summed E-state index contributed by atoms with van der Waals surface area (Å²) in [4.78, 5) is 20.9. The van der Waals surface area contributed by atoms with E-state index in [4.69, 9.17) is 0 Å². The maximum Gasteiger partial charge on any atom is 0.234 e. The highest BCUT2D eigenvalue weighted by Crippen LogP contribution is 2.18. The third kappa shape index (κ3) is 6.11. The Bertz CT molecular complexity index is 895. The first-order valence-corrected chi connectivity index (χ1v) is 9.70. The lowest BCUT2D eigenvalue weighted by Crippen LogP contribution is -2.14. The monoisotopic (exact) mass is 378 g/mol. The van der Waals surface area contributed by atoms with Gasteiger partial charge in [-0.1, -0.05) is 48.2 Å². The van der Waals surface area contributed by atoms with Gasteiger partial charge in [0.15, 0.2) is 5.16 Å². The van der Waals surface area contributed by atoms with Crippen molar-refractivity contribution in [3.05, 3.63) is 77.6 Å². The van der Waals surface area contributed by atoms with Crippen molar-refractivity contribution in [2.75, 3.05) is 16.4 Å². The maximum atomic E-state index is 12.2. The fourth-order valence-electron chi connectivity index (χ4n) is 2.59. The zero-order valence-corrected chi connectivity index (χ0v) is 16.2. The summed E-state index contributed by atoms with van der Waals surface area (Å²) in [7, 11) is 0. The highest BCUT2D eigenvalue weighted by molar-refractivity contribution is 7.99. The van der Waals surface area contributed by atoms with E-state index >= 15 is 0 Å². The van der Waals surface area contributed by atoms with Crippen LogP contribution in [0.15, 0.2) is 65.8 Å². The van der Waals surface area contributed by atoms with Gasteiger partial charge in [-0.2, -0.15) is 0 Å². The average Bonchev–Trinajstić information content (AvgIpc) is 2.65. The van der Waals surface area contributed by atoms with Crippen molar-refractivity contribution in [2.24, 2.45) is 0 Å². The van der Waals surface area contributed by atoms with Crippen molar-refractivity contribution in [3.63, 3.8) is 0 Å². The van der Waals surface area contributed by atoms with Gasteiger partial charge < -0.3 is 10.6 Å². The van der Waals surface area contributed by atoms with Gasteiger partial charge in [-0.05, 0) is 43.7 Å². The van der Waals surface area contributed by atoms with Gasteiger partial charge in [-0.25, -0.2) is 9.97 Å². The summed E-state index contributed by atoms with van der Waals surface area (Å²) >= 11 is 1.34. The van der Waals surface area contributed by atoms with E-state index in [0.717, 1.165) is 29.3 Å². The van der Waals surface area contributed by atoms with Gasteiger partial charge in [-0.3, -0.25) is 4.79 Å². The predicted molar refractivity (Wildman–Crippen MR) is 111 cm³/mol. The van der Waals surface area contributed by atoms with Crippen molar-refractivity contribution >= 4 is 29.0 Å². The third-order valence-corrected chi connectivity index (χ3v) is 4.63. The average molecular weight is 379 g/mol. The highest BCUT2D eigenvalue weighted by atomic mass is 32.2. The number of thioether (sulfide) groups is 1. The lowest BCUT2D eigenvalue weighted by atomic mass is 10.2. The summed E-state index contributed by atoms with van der Waals surface area (Å²) in [6, 6.07) is 19.8. The van der Waals surface area contributed by atoms with Crippen LogP contribution in [0.1, 0.15) is 17.0 Å². The molecular formula is C21H22N4OS. The summed E-state index contributed by atoms with van der Waals surface area (Å²) in [6.07, 6.45) is 0. The summed E-state index contributed by atoms with van der Waals surface area (Å²) in [6.45, 7) is 4.58. The molecule has 0 aliphatic rings. The molecular weight excluding hydrogens is 356 g/mol. The van der Waals surface area contributed by atoms with Crippen molar-refractivity contribution in [2.45, 2.75) is 25.5 Å². The summed E-state index contributed by atoms with van der Waals surface area (Å²) < 4.78 is 0. The van der Waals surface area contributed by atoms with Crippen LogP contribution in [0, 0.1) is 13.8 Å². The smallest absolute Gasteiger partial charge is 0.234 e. The second kappa shape index (κ2) is 9.19. The largest absolute Gasteiger partial charge is 0.381 e. The van der Waals surface area contributed by atoms with Crippen LogP contribution in [-0.2, 0) is 11.3 Å². The Labute approximate surface area is 163 Å². The van der Waals surface area contributed by atoms with E-state index in [0.29, 0.717) is 5.16 Å². The first kappa shape index (κ1) is 18.9. The van der Waals surface area contributed by atoms with E-state index in [2.05, 4.69) is 32.7 Å². The second-order valence-electron chi connectivity index (χ2n) is 6.19. The Morgan fingerprint density at radius 2 is 1.63 bits per heavy atom. The molecule has 0 aliphatic carbocycles. The van der Waals surface area contributed by atoms with Crippen LogP contribution in [0.25, 0.3) is 0 Å². The molecule has 6 heteroatoms. The van der Waals surface area contributed by atoms with E-state index in [1.807, 2.05) is 62.4 Å². The zero-order valence-electron chi connectivity index (χ0n) is 15.4. The molecule has 0 bridgehead atoms. The Hall–Kier alpha value is -2.86. The van der Waals surface area contributed by atoms with Crippen molar-refractivity contribution in [1.29, 1.82) is 0 Å². The molecule has 5 nitrogen and oxygen atoms in total. The number of carbonyl (C=O) groups is 1. The van der Waals surface area contributed by atoms with Gasteiger partial charge in [-0.15, -0.1) is 0 Å². The van der Waals surface area contributed by atoms with Crippen LogP contribution in [-0.4, -0.2) is 21.6 Å². The highest BCUT2D eigenvalue weighted by Gasteiger charge is 2.07. The molecule has 0 radical (unpaired) electrons. The molecule has 0 fully saturated rings. The lowest BCUT2D eigenvalue weighted by molar-refractivity contribution is -0.113. The van der Waals surface area contributed by atoms with Gasteiger partial charge in [0.05, 0.1) is 5.75 Å². The standard InChI is InChI=1S/C21H22N4OS/c1-15-11-16(2)24-21(23-15)27-14-20(26)25-19-10-6-9-18(12-19)22-13-17-7-4-3-5-8-17/h3-12,22H,13-14H2,1-2H3,(H,25,26). The van der Waals surface area contributed by atoms with Gasteiger partial charge >= 0.3 is 0 Å². The van der Waals surface area contributed by atoms with Crippen LogP contribution in [0.3, 0.4) is 0 Å². The van der Waals surface area contributed by atoms with E-state index in [1.54, 1.807) is 0 Å². The molecule has 27 heavy (non-hydrogen) atoms. The van der Waals surface area contributed by atoms with Crippen LogP contribution in [0.4, 0.5) is 11.4 Å². The molecule has 0 spiro atoms. The van der Waals surface area contributed by atoms with E-state index < -0.39 is 0 Å². The quantitative estimate of drug-likeness (QED) is 0.470. The molecule has 0 unspecified atom stereocenters. The Kier molecular flexibility index (Phi) is 6.44. The number of aryl methyl sites for hydroxylation is 2. The van der Waals surface area contributed by atoms with Crippen LogP contribution < -0.4 is 10.6 Å². The molecule has 1 amide bonds. The minimum absolute atomic E-state index is 0.0806. The van der Waals surface area contributed by atoms with Crippen molar-refractivity contribution < 1.29 is 4.79 Å². The van der Waals surface area contributed by atoms with E-state index in [1.165, 1.54) is 17.3 Å². The van der Waals surface area contributed by atoms with Gasteiger partial charge in [0.2, 0.25) is 5.91 Å². The number of carbonyl (C=O) groups excluding carboxylic acids is 1. The summed E-state index contributed by atoms with van der Waals surface area (Å²) in [5.41, 5.74) is 4.74. The van der Waals surface area contributed by atoms with Gasteiger partial charge in [0.25, 0.3) is 0 Å². The lowest BCUT2D eigenvalue weighted by Gasteiger charge is -2.10. The van der Waals surface area contributed by atoms with Gasteiger partial charge in [0.1, 0.15) is 0 Å². The van der Waals surface area contributed by atoms with Crippen molar-refractivity contribution in [3.8, 4) is 0 Å². The molecule has 0 aliphatic heterocycles. The first-order chi connectivity index (χ1) is 13.1. The number of benzene rings is 2. The number of nitrogens with one attached hydrogen (secondary N) is 2. The first-order valence-electron chi connectivity index (χ1n) is 8.71. The third-order valence-electron chi connectivity index (χ3n) is 3.78. The molecule has 1 heterocycles. The molecule has 0 saturated heterocycles. The topological polar surface area (TPSA) is 66.9 Å². The van der Waals surface area contributed by atoms with Crippen LogP contribution in [0.5, 0.6) is 0 Å². The molecule has 3 rings (SSSR count). The fourth-order valence-corrected chi connectivity index (χ4v) is 3.34. The van der Waals surface area contributed by atoms with Gasteiger partial charge in [0, 0.05) is 29.3 Å². The maximum absolute atomic E-state index is 12.2. The minimum atomic E-state index is -0.0806.